The van der Waals surface area contributed by atoms with Gasteiger partial charge in [0.05, 0.1) is 19.1 Å². The molecule has 2 N–H and O–H groups in total. The molecular formula is C17H24N2O. The summed E-state index contributed by atoms with van der Waals surface area (Å²) in [5, 5.41) is 22.6. The second-order valence-corrected chi connectivity index (χ2v) is 6.11. The zero-order chi connectivity index (χ0) is 14.4. The number of hydrogen-bond acceptors (Lipinski definition) is 3. The fourth-order valence-electron chi connectivity index (χ4n) is 3.38. The lowest BCUT2D eigenvalue weighted by Crippen LogP contribution is -2.52. The molecule has 0 bridgehead atoms. The minimum absolute atomic E-state index is 0.00125. The highest BCUT2D eigenvalue weighted by Gasteiger charge is 2.36. The maximum Gasteiger partial charge on any atom is 0.0641 e. The predicted molar refractivity (Wildman–Crippen MR) is 80.0 cm³/mol. The Morgan fingerprint density at radius 2 is 2.20 bits per heavy atom. The van der Waals surface area contributed by atoms with Crippen LogP contribution in [0.4, 0.5) is 0 Å². The number of nitriles is 1. The number of nitrogens with one attached hydrogen (secondary N) is 1. The van der Waals surface area contributed by atoms with Crippen molar-refractivity contribution >= 4 is 0 Å². The van der Waals surface area contributed by atoms with E-state index in [1.165, 1.54) is 6.42 Å². The molecule has 3 unspecified atom stereocenters. The minimum Gasteiger partial charge on any atom is -0.394 e. The van der Waals surface area contributed by atoms with Gasteiger partial charge in [-0.25, -0.2) is 0 Å². The van der Waals surface area contributed by atoms with E-state index in [0.717, 1.165) is 24.8 Å². The van der Waals surface area contributed by atoms with Crippen LogP contribution in [0.15, 0.2) is 30.3 Å². The minimum atomic E-state index is -0.227. The Morgan fingerprint density at radius 3 is 2.80 bits per heavy atom. The van der Waals surface area contributed by atoms with Crippen molar-refractivity contribution in [2.75, 3.05) is 6.61 Å². The summed E-state index contributed by atoms with van der Waals surface area (Å²) in [6.07, 6.45) is 4.78. The molecule has 1 saturated carbocycles. The Morgan fingerprint density at radius 1 is 1.45 bits per heavy atom. The third kappa shape index (κ3) is 3.59. The average molecular weight is 272 g/mol. The molecule has 2 rings (SSSR count). The van der Waals surface area contributed by atoms with Gasteiger partial charge in [-0.2, -0.15) is 5.26 Å². The van der Waals surface area contributed by atoms with Crippen LogP contribution in [0.1, 0.15) is 50.6 Å². The van der Waals surface area contributed by atoms with Crippen molar-refractivity contribution < 1.29 is 5.11 Å². The maximum absolute atomic E-state index is 9.88. The highest BCUT2D eigenvalue weighted by atomic mass is 16.3. The first-order valence-corrected chi connectivity index (χ1v) is 7.49. The van der Waals surface area contributed by atoms with Crippen molar-refractivity contribution in [1.82, 2.24) is 5.32 Å². The molecule has 1 aromatic carbocycles. The molecule has 0 aliphatic heterocycles. The molecule has 1 aliphatic rings. The number of nitrogens with zero attached hydrogens (tertiary/aromatic N) is 1. The molecule has 0 spiro atoms. The summed E-state index contributed by atoms with van der Waals surface area (Å²) in [5.74, 6) is 0.627. The number of hydrogen-bond donors (Lipinski definition) is 2. The van der Waals surface area contributed by atoms with Gasteiger partial charge in [0.25, 0.3) is 0 Å². The monoisotopic (exact) mass is 272 g/mol. The third-order valence-corrected chi connectivity index (χ3v) is 4.37. The van der Waals surface area contributed by atoms with Gasteiger partial charge in [0.2, 0.25) is 0 Å². The third-order valence-electron chi connectivity index (χ3n) is 4.37. The summed E-state index contributed by atoms with van der Waals surface area (Å²) in [6, 6.07) is 12.3. The van der Waals surface area contributed by atoms with Crippen molar-refractivity contribution in [3.05, 3.63) is 35.9 Å². The van der Waals surface area contributed by atoms with Crippen LogP contribution in [0.5, 0.6) is 0 Å². The van der Waals surface area contributed by atoms with Crippen molar-refractivity contribution in [2.24, 2.45) is 5.92 Å². The average Bonchev–Trinajstić information content (AvgIpc) is 2.48. The summed E-state index contributed by atoms with van der Waals surface area (Å²) in [4.78, 5) is 0. The van der Waals surface area contributed by atoms with Crippen LogP contribution < -0.4 is 5.32 Å². The Bertz CT molecular complexity index is 454. The van der Waals surface area contributed by atoms with Crippen LogP contribution in [-0.4, -0.2) is 17.3 Å². The number of aliphatic hydroxyl groups excluding tert-OH is 1. The molecule has 0 radical (unpaired) electrons. The standard InChI is InChI=1S/C17H24N2O/c1-14-6-5-10-17(12-14,13-20)19-16(9-11-18)15-7-3-2-4-8-15/h2-4,7-8,14,16,19-20H,5-6,9-10,12-13H2,1H3. The van der Waals surface area contributed by atoms with Crippen LogP contribution in [0.2, 0.25) is 0 Å². The van der Waals surface area contributed by atoms with E-state index < -0.39 is 0 Å². The van der Waals surface area contributed by atoms with Gasteiger partial charge in [0.1, 0.15) is 0 Å². The van der Waals surface area contributed by atoms with Crippen molar-refractivity contribution in [3.63, 3.8) is 0 Å². The smallest absolute Gasteiger partial charge is 0.0641 e. The first kappa shape index (κ1) is 15.0. The normalized spacial score (nSPS) is 27.8. The predicted octanol–water partition coefficient (Wildman–Crippen LogP) is 3.17. The number of aliphatic hydroxyl groups is 1. The summed E-state index contributed by atoms with van der Waals surface area (Å²) in [6.45, 7) is 2.39. The van der Waals surface area contributed by atoms with Gasteiger partial charge >= 0.3 is 0 Å². The van der Waals surface area contributed by atoms with Crippen molar-refractivity contribution in [1.29, 1.82) is 5.26 Å². The van der Waals surface area contributed by atoms with Gasteiger partial charge in [-0.05, 0) is 24.3 Å². The second kappa shape index (κ2) is 6.88. The van der Waals surface area contributed by atoms with Gasteiger partial charge in [-0.1, -0.05) is 50.1 Å². The van der Waals surface area contributed by atoms with Gasteiger partial charge in [0.15, 0.2) is 0 Å². The molecule has 20 heavy (non-hydrogen) atoms. The molecule has 3 nitrogen and oxygen atoms in total. The molecule has 1 fully saturated rings. The Kier molecular flexibility index (Phi) is 5.17. The summed E-state index contributed by atoms with van der Waals surface area (Å²) >= 11 is 0. The van der Waals surface area contributed by atoms with Crippen LogP contribution in [0.25, 0.3) is 0 Å². The van der Waals surface area contributed by atoms with E-state index in [2.05, 4.69) is 18.3 Å². The fourth-order valence-corrected chi connectivity index (χ4v) is 3.38. The van der Waals surface area contributed by atoms with E-state index >= 15 is 0 Å². The van der Waals surface area contributed by atoms with Crippen LogP contribution in [0, 0.1) is 17.2 Å². The Labute approximate surface area is 121 Å². The molecule has 3 atom stereocenters. The van der Waals surface area contributed by atoms with E-state index in [1.807, 2.05) is 30.3 Å². The lowest BCUT2D eigenvalue weighted by atomic mass is 9.76. The van der Waals surface area contributed by atoms with E-state index in [-0.39, 0.29) is 18.2 Å². The first-order chi connectivity index (χ1) is 9.69. The summed E-state index contributed by atoms with van der Waals surface area (Å²) in [5.41, 5.74) is 0.898. The van der Waals surface area contributed by atoms with Gasteiger partial charge < -0.3 is 10.4 Å². The van der Waals surface area contributed by atoms with Gasteiger partial charge in [-0.15, -0.1) is 0 Å². The lowest BCUT2D eigenvalue weighted by molar-refractivity contribution is 0.0885. The van der Waals surface area contributed by atoms with E-state index in [1.54, 1.807) is 0 Å². The second-order valence-electron chi connectivity index (χ2n) is 6.11. The summed E-state index contributed by atoms with van der Waals surface area (Å²) < 4.78 is 0. The molecular weight excluding hydrogens is 248 g/mol. The molecule has 108 valence electrons. The Hall–Kier alpha value is -1.37. The Balaban J connectivity index is 2.16. The van der Waals surface area contributed by atoms with E-state index in [0.29, 0.717) is 12.3 Å². The van der Waals surface area contributed by atoms with Crippen molar-refractivity contribution in [3.8, 4) is 6.07 Å². The topological polar surface area (TPSA) is 56.0 Å². The van der Waals surface area contributed by atoms with Crippen LogP contribution in [-0.2, 0) is 0 Å². The SMILES string of the molecule is CC1CCCC(CO)(NC(CC#N)c2ccccc2)C1. The molecule has 1 aromatic rings. The first-order valence-electron chi connectivity index (χ1n) is 7.49. The molecule has 1 aliphatic carbocycles. The molecule has 0 amide bonds. The number of rotatable bonds is 5. The van der Waals surface area contributed by atoms with E-state index in [9.17, 15) is 5.11 Å². The zero-order valence-electron chi connectivity index (χ0n) is 12.2. The zero-order valence-corrected chi connectivity index (χ0v) is 12.2. The fraction of sp³-hybridized carbons (Fsp3) is 0.588. The highest BCUT2D eigenvalue weighted by Crippen LogP contribution is 2.34. The summed E-state index contributed by atoms with van der Waals surface area (Å²) in [7, 11) is 0. The highest BCUT2D eigenvalue weighted by molar-refractivity contribution is 5.21. The molecule has 3 heteroatoms. The largest absolute Gasteiger partial charge is 0.394 e. The van der Waals surface area contributed by atoms with Crippen LogP contribution in [0.3, 0.4) is 0 Å². The molecule has 0 heterocycles. The lowest BCUT2D eigenvalue weighted by Gasteiger charge is -2.42. The number of benzene rings is 1. The quantitative estimate of drug-likeness (QED) is 0.865. The van der Waals surface area contributed by atoms with Gasteiger partial charge in [0, 0.05) is 11.6 Å². The van der Waals surface area contributed by atoms with E-state index in [4.69, 9.17) is 5.26 Å². The van der Waals surface area contributed by atoms with Gasteiger partial charge in [-0.3, -0.25) is 0 Å². The molecule has 0 saturated heterocycles. The maximum atomic E-state index is 9.88. The molecule has 0 aromatic heterocycles. The van der Waals surface area contributed by atoms with Crippen molar-refractivity contribution in [2.45, 2.75) is 50.6 Å². The van der Waals surface area contributed by atoms with Crippen LogP contribution >= 0.6 is 0 Å².